The molecule has 0 aliphatic rings. The molecule has 0 unspecified atom stereocenters. The largest absolute Gasteiger partial charge is 0.439 e. The van der Waals surface area contributed by atoms with Gasteiger partial charge in [-0.2, -0.15) is 13.2 Å². The van der Waals surface area contributed by atoms with Crippen LogP contribution in [-0.4, -0.2) is 47.5 Å². The van der Waals surface area contributed by atoms with E-state index < -0.39 is 27.6 Å². The number of ether oxygens (including phenoxy) is 1. The van der Waals surface area contributed by atoms with Gasteiger partial charge in [-0.15, -0.1) is 0 Å². The third-order valence-corrected chi connectivity index (χ3v) is 6.14. The highest BCUT2D eigenvalue weighted by Crippen LogP contribution is 2.31. The van der Waals surface area contributed by atoms with Gasteiger partial charge in [0.05, 0.1) is 22.5 Å². The van der Waals surface area contributed by atoms with Crippen molar-refractivity contribution in [3.63, 3.8) is 0 Å². The summed E-state index contributed by atoms with van der Waals surface area (Å²) in [5.41, 5.74) is 0.293. The molecule has 0 bridgehead atoms. The Bertz CT molecular complexity index is 1540. The van der Waals surface area contributed by atoms with E-state index in [0.29, 0.717) is 28.9 Å². The third kappa shape index (κ3) is 7.05. The van der Waals surface area contributed by atoms with Gasteiger partial charge in [0.1, 0.15) is 21.9 Å². The minimum Gasteiger partial charge on any atom is -0.439 e. The van der Waals surface area contributed by atoms with Crippen molar-refractivity contribution in [3.8, 4) is 11.6 Å². The topological polar surface area (TPSA) is 115 Å². The van der Waals surface area contributed by atoms with Gasteiger partial charge in [0.25, 0.3) is 0 Å². The number of benzene rings is 2. The summed E-state index contributed by atoms with van der Waals surface area (Å²) < 4.78 is 68.4. The molecule has 2 N–H and O–H groups in total. The highest BCUT2D eigenvalue weighted by molar-refractivity contribution is 7.90. The summed E-state index contributed by atoms with van der Waals surface area (Å²) >= 11 is 0. The first-order valence-electron chi connectivity index (χ1n) is 10.9. The molecule has 37 heavy (non-hydrogen) atoms. The van der Waals surface area contributed by atoms with Crippen molar-refractivity contribution in [2.45, 2.75) is 12.7 Å². The van der Waals surface area contributed by atoms with E-state index in [1.54, 1.807) is 30.3 Å². The molecule has 0 saturated heterocycles. The van der Waals surface area contributed by atoms with Gasteiger partial charge < -0.3 is 15.4 Å². The van der Waals surface area contributed by atoms with E-state index in [0.717, 1.165) is 12.1 Å². The number of carbonyl (C=O) groups excluding carboxylic acids is 1. The Morgan fingerprint density at radius 1 is 1.08 bits per heavy atom. The van der Waals surface area contributed by atoms with Gasteiger partial charge in [-0.05, 0) is 42.5 Å². The number of fused-ring (bicyclic) bond motifs is 1. The lowest BCUT2D eigenvalue weighted by Gasteiger charge is -2.11. The number of hydrogen-bond acceptors (Lipinski definition) is 7. The number of halogens is 3. The molecule has 2 heterocycles. The zero-order chi connectivity index (χ0) is 26.6. The standard InChI is InChI=1S/C24H22F3N5O4S/c1-37(34,35)10-8-28-14-19-13-22(30-15-29-19)36-20-5-6-21-16(11-20)7-9-32(21)23(33)31-18-4-2-3-17(12-18)24(25,26)27/h2-7,9,11-13,15,28H,8,10,14H2,1H3,(H,31,33). The van der Waals surface area contributed by atoms with Crippen LogP contribution in [0.15, 0.2) is 67.1 Å². The summed E-state index contributed by atoms with van der Waals surface area (Å²) in [6, 6.07) is 12.0. The van der Waals surface area contributed by atoms with E-state index in [1.165, 1.54) is 35.5 Å². The number of nitrogens with zero attached hydrogens (tertiary/aromatic N) is 3. The van der Waals surface area contributed by atoms with Crippen LogP contribution < -0.4 is 15.4 Å². The van der Waals surface area contributed by atoms with Gasteiger partial charge >= 0.3 is 12.2 Å². The molecule has 0 aliphatic carbocycles. The maximum atomic E-state index is 13.0. The van der Waals surface area contributed by atoms with E-state index in [2.05, 4.69) is 20.6 Å². The lowest BCUT2D eigenvalue weighted by atomic mass is 10.2. The molecule has 0 saturated carbocycles. The lowest BCUT2D eigenvalue weighted by Crippen LogP contribution is -2.22. The van der Waals surface area contributed by atoms with Crippen molar-refractivity contribution in [2.75, 3.05) is 23.9 Å². The molecule has 0 fully saturated rings. The van der Waals surface area contributed by atoms with Crippen LogP contribution in [0.2, 0.25) is 0 Å². The van der Waals surface area contributed by atoms with E-state index in [9.17, 15) is 26.4 Å². The predicted octanol–water partition coefficient (Wildman–Crippen LogP) is 4.46. The number of sulfone groups is 1. The van der Waals surface area contributed by atoms with Crippen molar-refractivity contribution in [1.29, 1.82) is 0 Å². The predicted molar refractivity (Wildman–Crippen MR) is 131 cm³/mol. The molecule has 0 aliphatic heterocycles. The van der Waals surface area contributed by atoms with Crippen molar-refractivity contribution in [3.05, 3.63) is 78.4 Å². The molecule has 0 atom stereocenters. The Labute approximate surface area is 210 Å². The number of rotatable bonds is 8. The van der Waals surface area contributed by atoms with Gasteiger partial charge in [0.2, 0.25) is 5.88 Å². The fourth-order valence-corrected chi connectivity index (χ4v) is 3.96. The van der Waals surface area contributed by atoms with E-state index in [-0.39, 0.29) is 23.9 Å². The van der Waals surface area contributed by atoms with E-state index >= 15 is 0 Å². The maximum absolute atomic E-state index is 13.0. The molecule has 2 aromatic carbocycles. The smallest absolute Gasteiger partial charge is 0.416 e. The second-order valence-corrected chi connectivity index (χ2v) is 10.4. The average molecular weight is 534 g/mol. The highest BCUT2D eigenvalue weighted by atomic mass is 32.2. The minimum absolute atomic E-state index is 0.0130. The Hall–Kier alpha value is -3.97. The fraction of sp³-hybridized carbons (Fsp3) is 0.208. The summed E-state index contributed by atoms with van der Waals surface area (Å²) in [5.74, 6) is 0.730. The molecule has 2 aromatic heterocycles. The Kier molecular flexibility index (Phi) is 7.45. The summed E-state index contributed by atoms with van der Waals surface area (Å²) in [6.45, 7) is 0.616. The van der Waals surface area contributed by atoms with Crippen molar-refractivity contribution in [1.82, 2.24) is 19.9 Å². The lowest BCUT2D eigenvalue weighted by molar-refractivity contribution is -0.137. The summed E-state index contributed by atoms with van der Waals surface area (Å²) in [6.07, 6.45) is -0.520. The average Bonchev–Trinajstić information content (AvgIpc) is 3.25. The third-order valence-electron chi connectivity index (χ3n) is 5.20. The van der Waals surface area contributed by atoms with E-state index in [4.69, 9.17) is 4.74 Å². The second-order valence-electron chi connectivity index (χ2n) is 8.17. The SMILES string of the molecule is CS(=O)(=O)CCNCc1cc(Oc2ccc3c(ccn3C(=O)Nc3cccc(C(F)(F)F)c3)c2)ncn1. The van der Waals surface area contributed by atoms with Gasteiger partial charge in [0.15, 0.2) is 0 Å². The molecule has 1 amide bonds. The van der Waals surface area contributed by atoms with Crippen LogP contribution in [0.3, 0.4) is 0 Å². The summed E-state index contributed by atoms with van der Waals surface area (Å²) in [5, 5.41) is 6.13. The number of alkyl halides is 3. The number of aromatic nitrogens is 3. The van der Waals surface area contributed by atoms with Crippen molar-refractivity contribution >= 4 is 32.5 Å². The van der Waals surface area contributed by atoms with Crippen LogP contribution in [0.5, 0.6) is 11.6 Å². The molecule has 4 rings (SSSR count). The van der Waals surface area contributed by atoms with Crippen LogP contribution >= 0.6 is 0 Å². The first kappa shape index (κ1) is 26.1. The number of nitrogens with one attached hydrogen (secondary N) is 2. The van der Waals surface area contributed by atoms with Gasteiger partial charge in [-0.1, -0.05) is 6.07 Å². The van der Waals surface area contributed by atoms with Crippen LogP contribution in [-0.2, 0) is 22.6 Å². The zero-order valence-corrected chi connectivity index (χ0v) is 20.3. The molecular formula is C24H22F3N5O4S. The molecule has 0 spiro atoms. The summed E-state index contributed by atoms with van der Waals surface area (Å²) in [4.78, 5) is 20.9. The van der Waals surface area contributed by atoms with E-state index in [1.807, 2.05) is 0 Å². The number of amides is 1. The molecule has 194 valence electrons. The van der Waals surface area contributed by atoms with Crippen molar-refractivity contribution < 1.29 is 31.1 Å². The van der Waals surface area contributed by atoms with Crippen LogP contribution in [0.25, 0.3) is 10.9 Å². The van der Waals surface area contributed by atoms with Gasteiger partial charge in [0, 0.05) is 42.7 Å². The monoisotopic (exact) mass is 533 g/mol. The Morgan fingerprint density at radius 3 is 2.65 bits per heavy atom. The Balaban J connectivity index is 1.43. The fourth-order valence-electron chi connectivity index (χ4n) is 3.44. The Morgan fingerprint density at radius 2 is 1.89 bits per heavy atom. The van der Waals surface area contributed by atoms with Crippen LogP contribution in [0.4, 0.5) is 23.7 Å². The molecule has 13 heteroatoms. The maximum Gasteiger partial charge on any atom is 0.416 e. The van der Waals surface area contributed by atoms with Gasteiger partial charge in [-0.25, -0.2) is 23.2 Å². The quantitative estimate of drug-likeness (QED) is 0.322. The first-order chi connectivity index (χ1) is 17.5. The van der Waals surface area contributed by atoms with Crippen LogP contribution in [0, 0.1) is 0 Å². The normalized spacial score (nSPS) is 12.0. The first-order valence-corrected chi connectivity index (χ1v) is 13.0. The molecule has 9 nitrogen and oxygen atoms in total. The highest BCUT2D eigenvalue weighted by Gasteiger charge is 2.30. The molecule has 0 radical (unpaired) electrons. The zero-order valence-electron chi connectivity index (χ0n) is 19.5. The summed E-state index contributed by atoms with van der Waals surface area (Å²) in [7, 11) is -3.06. The number of carbonyl (C=O) groups is 1. The number of hydrogen-bond donors (Lipinski definition) is 2. The minimum atomic E-state index is -4.52. The molecule has 4 aromatic rings. The molecular weight excluding hydrogens is 511 g/mol. The van der Waals surface area contributed by atoms with Crippen LogP contribution in [0.1, 0.15) is 11.3 Å². The van der Waals surface area contributed by atoms with Gasteiger partial charge in [-0.3, -0.25) is 4.57 Å². The number of anilines is 1. The van der Waals surface area contributed by atoms with Crippen molar-refractivity contribution in [2.24, 2.45) is 0 Å². The second kappa shape index (κ2) is 10.6.